The van der Waals surface area contributed by atoms with Gasteiger partial charge in [0.1, 0.15) is 0 Å². The van der Waals surface area contributed by atoms with Gasteiger partial charge in [0, 0.05) is 19.0 Å². The first-order chi connectivity index (χ1) is 11.6. The van der Waals surface area contributed by atoms with Crippen LogP contribution in [0, 0.1) is 0 Å². The van der Waals surface area contributed by atoms with Crippen molar-refractivity contribution in [3.05, 3.63) is 28.8 Å². The van der Waals surface area contributed by atoms with Crippen LogP contribution >= 0.6 is 11.6 Å². The van der Waals surface area contributed by atoms with Crippen LogP contribution in [0.2, 0.25) is 5.02 Å². The predicted octanol–water partition coefficient (Wildman–Crippen LogP) is 2.52. The third kappa shape index (κ3) is 6.30. The van der Waals surface area contributed by atoms with Crippen LogP contribution < -0.4 is 5.32 Å². The van der Waals surface area contributed by atoms with E-state index in [0.717, 1.165) is 6.26 Å². The predicted molar refractivity (Wildman–Crippen MR) is 97.3 cm³/mol. The number of rotatable bonds is 8. The Kier molecular flexibility index (Phi) is 7.85. The number of nitrogens with one attached hydrogen (secondary N) is 1. The molecule has 0 aliphatic heterocycles. The molecule has 0 bridgehead atoms. The van der Waals surface area contributed by atoms with E-state index < -0.39 is 21.9 Å². The zero-order valence-electron chi connectivity index (χ0n) is 14.7. The number of sulfonamides is 1. The van der Waals surface area contributed by atoms with Crippen molar-refractivity contribution in [2.75, 3.05) is 25.2 Å². The van der Waals surface area contributed by atoms with Crippen LogP contribution in [0.25, 0.3) is 0 Å². The molecule has 140 valence electrons. The van der Waals surface area contributed by atoms with Crippen LogP contribution in [0.5, 0.6) is 0 Å². The van der Waals surface area contributed by atoms with E-state index in [1.807, 2.05) is 6.92 Å². The summed E-state index contributed by atoms with van der Waals surface area (Å²) in [6, 6.07) is 4.17. The molecule has 0 saturated heterocycles. The van der Waals surface area contributed by atoms with Crippen LogP contribution in [-0.4, -0.2) is 50.6 Å². The molecule has 1 aromatic rings. The van der Waals surface area contributed by atoms with E-state index in [2.05, 4.69) is 10.1 Å². The topological polar surface area (TPSA) is 92.8 Å². The van der Waals surface area contributed by atoms with Gasteiger partial charge in [0.25, 0.3) is 0 Å². The zero-order chi connectivity index (χ0) is 19.2. The average molecular weight is 391 g/mol. The van der Waals surface area contributed by atoms with Crippen LogP contribution in [-0.2, 0) is 19.6 Å². The fourth-order valence-electron chi connectivity index (χ4n) is 2.21. The standard InChI is InChI=1S/C16H23ClN2O5S/c1-5-11(2)19(25(4,22)23)9-8-15(20)18-14-10-12(16(21)24-3)6-7-13(14)17/h6-7,10-11H,5,8-9H2,1-4H3,(H,18,20). The van der Waals surface area contributed by atoms with Crippen molar-refractivity contribution in [1.29, 1.82) is 0 Å². The van der Waals surface area contributed by atoms with Crippen molar-refractivity contribution in [2.45, 2.75) is 32.7 Å². The highest BCUT2D eigenvalue weighted by Crippen LogP contribution is 2.23. The van der Waals surface area contributed by atoms with Crippen LogP contribution in [0.1, 0.15) is 37.0 Å². The number of ether oxygens (including phenoxy) is 1. The summed E-state index contributed by atoms with van der Waals surface area (Å²) in [5.41, 5.74) is 0.517. The minimum absolute atomic E-state index is 0.0316. The van der Waals surface area contributed by atoms with Crippen molar-refractivity contribution in [1.82, 2.24) is 4.31 Å². The van der Waals surface area contributed by atoms with Gasteiger partial charge in [-0.25, -0.2) is 13.2 Å². The normalized spacial score (nSPS) is 12.7. The molecule has 0 heterocycles. The van der Waals surface area contributed by atoms with Crippen LogP contribution in [0.15, 0.2) is 18.2 Å². The monoisotopic (exact) mass is 390 g/mol. The Morgan fingerprint density at radius 3 is 2.52 bits per heavy atom. The molecule has 1 rings (SSSR count). The van der Waals surface area contributed by atoms with Gasteiger partial charge in [-0.15, -0.1) is 0 Å². The number of carbonyl (C=O) groups excluding carboxylic acids is 2. The summed E-state index contributed by atoms with van der Waals surface area (Å²) in [5.74, 6) is -0.951. The molecular formula is C16H23ClN2O5S. The van der Waals surface area contributed by atoms with Gasteiger partial charge in [0.05, 0.1) is 29.6 Å². The minimum Gasteiger partial charge on any atom is -0.465 e. The largest absolute Gasteiger partial charge is 0.465 e. The molecule has 1 aromatic carbocycles. The molecule has 1 atom stereocenters. The lowest BCUT2D eigenvalue weighted by atomic mass is 10.2. The lowest BCUT2D eigenvalue weighted by Gasteiger charge is -2.25. The molecule has 9 heteroatoms. The number of amides is 1. The highest BCUT2D eigenvalue weighted by molar-refractivity contribution is 7.88. The number of esters is 1. The number of carbonyl (C=O) groups is 2. The second kappa shape index (κ2) is 9.17. The third-order valence-corrected chi connectivity index (χ3v) is 5.45. The number of hydrogen-bond donors (Lipinski definition) is 1. The Morgan fingerprint density at radius 1 is 1.36 bits per heavy atom. The quantitative estimate of drug-likeness (QED) is 0.688. The maximum absolute atomic E-state index is 12.2. The molecule has 0 radical (unpaired) electrons. The van der Waals surface area contributed by atoms with Crippen LogP contribution in [0.4, 0.5) is 5.69 Å². The van der Waals surface area contributed by atoms with E-state index in [1.54, 1.807) is 6.92 Å². The summed E-state index contributed by atoms with van der Waals surface area (Å²) in [7, 11) is -2.15. The first-order valence-corrected chi connectivity index (χ1v) is 9.97. The maximum Gasteiger partial charge on any atom is 0.337 e. The van der Waals surface area contributed by atoms with Gasteiger partial charge < -0.3 is 10.1 Å². The molecule has 0 saturated carbocycles. The van der Waals surface area contributed by atoms with Crippen molar-refractivity contribution in [3.8, 4) is 0 Å². The fourth-order valence-corrected chi connectivity index (χ4v) is 3.60. The molecular weight excluding hydrogens is 368 g/mol. The molecule has 0 aliphatic carbocycles. The maximum atomic E-state index is 12.2. The second-order valence-electron chi connectivity index (χ2n) is 5.62. The Labute approximate surface area is 153 Å². The fraction of sp³-hybridized carbons (Fsp3) is 0.500. The summed E-state index contributed by atoms with van der Waals surface area (Å²) < 4.78 is 29.6. The Bertz CT molecular complexity index is 736. The molecule has 1 amide bonds. The Hall–Kier alpha value is -1.64. The molecule has 0 aromatic heterocycles. The number of anilines is 1. The molecule has 0 spiro atoms. The summed E-state index contributed by atoms with van der Waals surface area (Å²) in [5, 5.41) is 2.86. The first-order valence-electron chi connectivity index (χ1n) is 7.74. The Morgan fingerprint density at radius 2 is 2.00 bits per heavy atom. The number of nitrogens with zero attached hydrogens (tertiary/aromatic N) is 1. The third-order valence-electron chi connectivity index (χ3n) is 3.73. The van der Waals surface area contributed by atoms with Gasteiger partial charge >= 0.3 is 5.97 Å². The second-order valence-corrected chi connectivity index (χ2v) is 7.96. The van der Waals surface area contributed by atoms with E-state index >= 15 is 0 Å². The molecule has 1 N–H and O–H groups in total. The van der Waals surface area contributed by atoms with Crippen LogP contribution in [0.3, 0.4) is 0 Å². The van der Waals surface area contributed by atoms with Crippen molar-refractivity contribution >= 4 is 39.2 Å². The van der Waals surface area contributed by atoms with Gasteiger partial charge in [-0.3, -0.25) is 4.79 Å². The average Bonchev–Trinajstić information content (AvgIpc) is 2.54. The lowest BCUT2D eigenvalue weighted by molar-refractivity contribution is -0.116. The van der Waals surface area contributed by atoms with E-state index in [-0.39, 0.29) is 35.3 Å². The van der Waals surface area contributed by atoms with Gasteiger partial charge in [0.15, 0.2) is 0 Å². The zero-order valence-corrected chi connectivity index (χ0v) is 16.3. The molecule has 1 unspecified atom stereocenters. The van der Waals surface area contributed by atoms with Gasteiger partial charge in [-0.2, -0.15) is 4.31 Å². The van der Waals surface area contributed by atoms with Crippen molar-refractivity contribution in [2.24, 2.45) is 0 Å². The van der Waals surface area contributed by atoms with Gasteiger partial charge in [-0.1, -0.05) is 18.5 Å². The molecule has 0 aliphatic rings. The van der Waals surface area contributed by atoms with Gasteiger partial charge in [-0.05, 0) is 31.5 Å². The number of hydrogen-bond acceptors (Lipinski definition) is 5. The van der Waals surface area contributed by atoms with E-state index in [1.165, 1.54) is 29.6 Å². The van der Waals surface area contributed by atoms with Crippen molar-refractivity contribution in [3.63, 3.8) is 0 Å². The van der Waals surface area contributed by atoms with Crippen molar-refractivity contribution < 1.29 is 22.7 Å². The van der Waals surface area contributed by atoms with Gasteiger partial charge in [0.2, 0.25) is 15.9 Å². The highest BCUT2D eigenvalue weighted by Gasteiger charge is 2.23. The SMILES string of the molecule is CCC(C)N(CCC(=O)Nc1cc(C(=O)OC)ccc1Cl)S(C)(=O)=O. The molecule has 25 heavy (non-hydrogen) atoms. The lowest BCUT2D eigenvalue weighted by Crippen LogP contribution is -2.39. The minimum atomic E-state index is -3.41. The number of methoxy groups -OCH3 is 1. The summed E-state index contributed by atoms with van der Waals surface area (Å²) in [6.07, 6.45) is 1.73. The Balaban J connectivity index is 2.81. The summed E-state index contributed by atoms with van der Waals surface area (Å²) in [4.78, 5) is 23.7. The van der Waals surface area contributed by atoms with E-state index in [0.29, 0.717) is 6.42 Å². The summed E-state index contributed by atoms with van der Waals surface area (Å²) >= 11 is 6.02. The van der Waals surface area contributed by atoms with E-state index in [9.17, 15) is 18.0 Å². The first kappa shape index (κ1) is 21.4. The highest BCUT2D eigenvalue weighted by atomic mass is 35.5. The molecule has 0 fully saturated rings. The number of benzene rings is 1. The summed E-state index contributed by atoms with van der Waals surface area (Å²) in [6.45, 7) is 3.73. The molecule has 7 nitrogen and oxygen atoms in total. The van der Waals surface area contributed by atoms with E-state index in [4.69, 9.17) is 11.6 Å². The smallest absolute Gasteiger partial charge is 0.337 e. The number of halogens is 1.